The average Bonchev–Trinajstić information content (AvgIpc) is 3.23. The quantitative estimate of drug-likeness (QED) is 0.408. The minimum Gasteiger partial charge on any atom is -0.489 e. The van der Waals surface area contributed by atoms with E-state index in [-0.39, 0.29) is 0 Å². The van der Waals surface area contributed by atoms with Crippen molar-refractivity contribution in [1.82, 2.24) is 19.9 Å². The van der Waals surface area contributed by atoms with Crippen LogP contribution in [-0.2, 0) is 6.61 Å². The van der Waals surface area contributed by atoms with Gasteiger partial charge in [0, 0.05) is 30.3 Å². The van der Waals surface area contributed by atoms with Crippen LogP contribution in [0.5, 0.6) is 5.75 Å². The highest BCUT2D eigenvalue weighted by Crippen LogP contribution is 2.29. The fraction of sp³-hybridized carbons (Fsp3) is 0.0870. The first kappa shape index (κ1) is 17.9. The molecule has 148 valence electrons. The lowest BCUT2D eigenvalue weighted by Gasteiger charge is -2.09. The summed E-state index contributed by atoms with van der Waals surface area (Å²) in [6.45, 7) is 0.449. The maximum atomic E-state index is 6.04. The number of aromatic nitrogens is 4. The molecule has 5 rings (SSSR count). The van der Waals surface area contributed by atoms with Crippen LogP contribution in [0.15, 0.2) is 67.1 Å². The summed E-state index contributed by atoms with van der Waals surface area (Å²) >= 11 is 0. The standard InChI is InChI=1S/C23H20N6O/c1-25-20-8-6-15-5-7-17(10-19(15)29-20)30-12-14-3-2-4-16(9-14)18-11-26-22-21(18)27-13-28-23(22)24/h2-11,13,26H,12H2,1H3,(H,25,29)(H2,24,27,28). The van der Waals surface area contributed by atoms with E-state index >= 15 is 0 Å². The Morgan fingerprint density at radius 3 is 2.87 bits per heavy atom. The van der Waals surface area contributed by atoms with Crippen molar-refractivity contribution in [3.8, 4) is 16.9 Å². The Labute approximate surface area is 173 Å². The lowest BCUT2D eigenvalue weighted by atomic mass is 10.1. The van der Waals surface area contributed by atoms with Gasteiger partial charge in [-0.1, -0.05) is 18.2 Å². The molecule has 0 unspecified atom stereocenters. The molecule has 7 heteroatoms. The minimum atomic E-state index is 0.442. The molecule has 0 aliphatic heterocycles. The minimum absolute atomic E-state index is 0.442. The monoisotopic (exact) mass is 396 g/mol. The van der Waals surface area contributed by atoms with Gasteiger partial charge in [0.15, 0.2) is 5.82 Å². The van der Waals surface area contributed by atoms with Crippen molar-refractivity contribution in [2.75, 3.05) is 18.1 Å². The van der Waals surface area contributed by atoms with E-state index in [1.54, 1.807) is 0 Å². The molecule has 0 spiro atoms. The van der Waals surface area contributed by atoms with E-state index in [1.807, 2.05) is 61.8 Å². The van der Waals surface area contributed by atoms with Crippen molar-refractivity contribution >= 4 is 33.6 Å². The van der Waals surface area contributed by atoms with E-state index in [9.17, 15) is 0 Å². The van der Waals surface area contributed by atoms with Crippen LogP contribution in [0, 0.1) is 0 Å². The molecule has 2 aromatic carbocycles. The zero-order chi connectivity index (χ0) is 20.5. The van der Waals surface area contributed by atoms with Gasteiger partial charge in [0.1, 0.15) is 35.5 Å². The summed E-state index contributed by atoms with van der Waals surface area (Å²) in [6.07, 6.45) is 3.39. The SMILES string of the molecule is CNc1ccc2ccc(OCc3cccc(-c4c[nH]c5c(N)ncnc45)c3)cc2n1. The molecule has 0 saturated heterocycles. The average molecular weight is 396 g/mol. The Bertz CT molecular complexity index is 1360. The molecule has 3 heterocycles. The lowest BCUT2D eigenvalue weighted by molar-refractivity contribution is 0.306. The molecule has 30 heavy (non-hydrogen) atoms. The van der Waals surface area contributed by atoms with Crippen molar-refractivity contribution in [3.05, 3.63) is 72.7 Å². The van der Waals surface area contributed by atoms with Crippen LogP contribution in [0.3, 0.4) is 0 Å². The fourth-order valence-corrected chi connectivity index (χ4v) is 3.50. The van der Waals surface area contributed by atoms with Gasteiger partial charge in [0.05, 0.1) is 5.52 Å². The van der Waals surface area contributed by atoms with E-state index in [0.717, 1.165) is 50.2 Å². The molecule has 0 radical (unpaired) electrons. The molecule has 4 N–H and O–H groups in total. The molecule has 0 saturated carbocycles. The van der Waals surface area contributed by atoms with Gasteiger partial charge in [0.2, 0.25) is 0 Å². The highest BCUT2D eigenvalue weighted by atomic mass is 16.5. The summed E-state index contributed by atoms with van der Waals surface area (Å²) in [5.74, 6) is 2.05. The maximum Gasteiger partial charge on any atom is 0.151 e. The third-order valence-electron chi connectivity index (χ3n) is 5.06. The van der Waals surface area contributed by atoms with E-state index < -0.39 is 0 Å². The van der Waals surface area contributed by atoms with Crippen LogP contribution >= 0.6 is 0 Å². The summed E-state index contributed by atoms with van der Waals surface area (Å²) in [6, 6.07) is 18.1. The summed E-state index contributed by atoms with van der Waals surface area (Å²) in [7, 11) is 1.86. The third-order valence-corrected chi connectivity index (χ3v) is 5.06. The van der Waals surface area contributed by atoms with Crippen molar-refractivity contribution in [2.45, 2.75) is 6.61 Å². The number of benzene rings is 2. The number of nitrogens with zero attached hydrogens (tertiary/aromatic N) is 3. The van der Waals surface area contributed by atoms with Crippen LogP contribution in [0.4, 0.5) is 11.6 Å². The highest BCUT2D eigenvalue weighted by molar-refractivity contribution is 5.96. The molecule has 3 aromatic heterocycles. The maximum absolute atomic E-state index is 6.04. The molecule has 0 bridgehead atoms. The van der Waals surface area contributed by atoms with Crippen molar-refractivity contribution in [2.24, 2.45) is 0 Å². The van der Waals surface area contributed by atoms with E-state index in [0.29, 0.717) is 12.4 Å². The van der Waals surface area contributed by atoms with Gasteiger partial charge in [-0.25, -0.2) is 15.0 Å². The van der Waals surface area contributed by atoms with Gasteiger partial charge in [-0.15, -0.1) is 0 Å². The van der Waals surface area contributed by atoms with Crippen LogP contribution < -0.4 is 15.8 Å². The number of H-pyrrole nitrogens is 1. The van der Waals surface area contributed by atoms with Crippen LogP contribution in [0.2, 0.25) is 0 Å². The molecule has 7 nitrogen and oxygen atoms in total. The topological polar surface area (TPSA) is 102 Å². The molecule has 5 aromatic rings. The fourth-order valence-electron chi connectivity index (χ4n) is 3.50. The number of nitrogens with two attached hydrogens (primary N) is 1. The molecule has 0 fully saturated rings. The third kappa shape index (κ3) is 3.26. The second-order valence-electron chi connectivity index (χ2n) is 6.97. The zero-order valence-electron chi connectivity index (χ0n) is 16.4. The van der Waals surface area contributed by atoms with Crippen LogP contribution in [-0.4, -0.2) is 27.0 Å². The number of anilines is 2. The molecule has 0 aliphatic carbocycles. The van der Waals surface area contributed by atoms with Gasteiger partial charge in [-0.2, -0.15) is 0 Å². The van der Waals surface area contributed by atoms with Crippen molar-refractivity contribution in [3.63, 3.8) is 0 Å². The Morgan fingerprint density at radius 2 is 1.97 bits per heavy atom. The van der Waals surface area contributed by atoms with Gasteiger partial charge >= 0.3 is 0 Å². The molecule has 0 aliphatic rings. The largest absolute Gasteiger partial charge is 0.489 e. The van der Waals surface area contributed by atoms with E-state index in [4.69, 9.17) is 10.5 Å². The Morgan fingerprint density at radius 1 is 1.07 bits per heavy atom. The first-order valence-corrected chi connectivity index (χ1v) is 9.59. The summed E-state index contributed by atoms with van der Waals surface area (Å²) in [5, 5.41) is 4.13. The second kappa shape index (κ2) is 7.36. The predicted octanol–water partition coefficient (Wildman–Crippen LogP) is 4.38. The second-order valence-corrected chi connectivity index (χ2v) is 6.97. The Hall–Kier alpha value is -4.13. The molecule has 0 amide bonds. The first-order chi connectivity index (χ1) is 14.7. The normalized spacial score (nSPS) is 11.1. The van der Waals surface area contributed by atoms with Gasteiger partial charge in [-0.3, -0.25) is 0 Å². The lowest BCUT2D eigenvalue weighted by Crippen LogP contribution is -1.97. The number of fused-ring (bicyclic) bond motifs is 2. The first-order valence-electron chi connectivity index (χ1n) is 9.59. The number of nitrogens with one attached hydrogen (secondary N) is 2. The van der Waals surface area contributed by atoms with Crippen molar-refractivity contribution in [1.29, 1.82) is 0 Å². The predicted molar refractivity (Wildman–Crippen MR) is 119 cm³/mol. The van der Waals surface area contributed by atoms with Gasteiger partial charge in [-0.05, 0) is 41.5 Å². The summed E-state index contributed by atoms with van der Waals surface area (Å²) in [5.41, 5.74) is 11.5. The number of ether oxygens (including phenoxy) is 1. The molecule has 0 atom stereocenters. The zero-order valence-corrected chi connectivity index (χ0v) is 16.4. The number of hydrogen-bond acceptors (Lipinski definition) is 6. The molecular formula is C23H20N6O. The Kier molecular flexibility index (Phi) is 4.40. The number of hydrogen-bond donors (Lipinski definition) is 3. The Balaban J connectivity index is 1.40. The van der Waals surface area contributed by atoms with Gasteiger partial charge in [0.25, 0.3) is 0 Å². The van der Waals surface area contributed by atoms with Crippen molar-refractivity contribution < 1.29 is 4.74 Å². The molecular weight excluding hydrogens is 376 g/mol. The number of nitrogen functional groups attached to an aromatic ring is 1. The number of aromatic amines is 1. The van der Waals surface area contributed by atoms with Gasteiger partial charge < -0.3 is 20.8 Å². The summed E-state index contributed by atoms with van der Waals surface area (Å²) in [4.78, 5) is 16.2. The smallest absolute Gasteiger partial charge is 0.151 e. The van der Waals surface area contributed by atoms with E-state index in [1.165, 1.54) is 6.33 Å². The highest BCUT2D eigenvalue weighted by Gasteiger charge is 2.11. The van der Waals surface area contributed by atoms with Crippen LogP contribution in [0.1, 0.15) is 5.56 Å². The summed E-state index contributed by atoms with van der Waals surface area (Å²) < 4.78 is 6.04. The number of pyridine rings is 1. The van der Waals surface area contributed by atoms with E-state index in [2.05, 4.69) is 31.3 Å². The van der Waals surface area contributed by atoms with Crippen LogP contribution in [0.25, 0.3) is 33.1 Å². The number of rotatable bonds is 5.